The molecule has 1 aromatic carbocycles. The second kappa shape index (κ2) is 6.56. The quantitative estimate of drug-likeness (QED) is 0.653. The van der Waals surface area contributed by atoms with Gasteiger partial charge in [-0.05, 0) is 30.3 Å². The average molecular weight is 282 g/mol. The van der Waals surface area contributed by atoms with Gasteiger partial charge < -0.3 is 10.6 Å². The van der Waals surface area contributed by atoms with Crippen LogP contribution in [0, 0.1) is 0 Å². The molecule has 1 amide bonds. The highest BCUT2D eigenvalue weighted by Crippen LogP contribution is 2.11. The number of nitrogens with zero attached hydrogens (tertiary/aromatic N) is 3. The van der Waals surface area contributed by atoms with Crippen LogP contribution in [0.15, 0.2) is 61.8 Å². The lowest BCUT2D eigenvalue weighted by atomic mass is 10.3. The Kier molecular flexibility index (Phi) is 4.56. The van der Waals surface area contributed by atoms with E-state index in [1.807, 2.05) is 12.1 Å². The van der Waals surface area contributed by atoms with Crippen LogP contribution in [-0.4, -0.2) is 33.7 Å². The van der Waals surface area contributed by atoms with E-state index in [1.165, 1.54) is 0 Å². The summed E-state index contributed by atoms with van der Waals surface area (Å²) in [5, 5.41) is 4.31. The molecule has 0 unspecified atom stereocenters. The van der Waals surface area contributed by atoms with E-state index in [2.05, 4.69) is 18.3 Å². The third kappa shape index (κ3) is 3.39. The molecule has 0 aliphatic heterocycles. The standard InChI is InChI=1S/C16H18N4O/c1-3-10-19(11-4-2)16(21)15-9-12-20(18-15)14-7-5-13(17)6-8-14/h3-9,12H,1-2,10-11,17H2. The number of nitrogen functional groups attached to an aromatic ring is 1. The number of rotatable bonds is 6. The molecule has 1 aromatic heterocycles. The first-order valence-electron chi connectivity index (χ1n) is 6.58. The molecular weight excluding hydrogens is 264 g/mol. The largest absolute Gasteiger partial charge is 0.399 e. The molecular formula is C16H18N4O. The van der Waals surface area contributed by atoms with Gasteiger partial charge in [0, 0.05) is 25.0 Å². The Morgan fingerprint density at radius 1 is 1.19 bits per heavy atom. The molecule has 0 aliphatic carbocycles. The maximum atomic E-state index is 12.4. The van der Waals surface area contributed by atoms with Crippen LogP contribution in [0.5, 0.6) is 0 Å². The minimum atomic E-state index is -0.149. The van der Waals surface area contributed by atoms with Gasteiger partial charge in [0.1, 0.15) is 0 Å². The van der Waals surface area contributed by atoms with Crippen molar-refractivity contribution in [1.29, 1.82) is 0 Å². The first-order chi connectivity index (χ1) is 10.2. The van der Waals surface area contributed by atoms with Gasteiger partial charge in [-0.2, -0.15) is 5.10 Å². The molecule has 1 heterocycles. The molecule has 0 saturated carbocycles. The van der Waals surface area contributed by atoms with E-state index in [9.17, 15) is 4.79 Å². The maximum Gasteiger partial charge on any atom is 0.274 e. The lowest BCUT2D eigenvalue weighted by molar-refractivity contribution is 0.0784. The van der Waals surface area contributed by atoms with Crippen molar-refractivity contribution < 1.29 is 4.79 Å². The Morgan fingerprint density at radius 2 is 1.81 bits per heavy atom. The topological polar surface area (TPSA) is 64.2 Å². The SMILES string of the molecule is C=CCN(CC=C)C(=O)c1ccn(-c2ccc(N)cc2)n1. The van der Waals surface area contributed by atoms with Crippen LogP contribution in [0.25, 0.3) is 5.69 Å². The molecule has 0 bridgehead atoms. The second-order valence-electron chi connectivity index (χ2n) is 4.52. The number of amides is 1. The van der Waals surface area contributed by atoms with Crippen LogP contribution in [0.3, 0.4) is 0 Å². The summed E-state index contributed by atoms with van der Waals surface area (Å²) in [6.45, 7) is 8.22. The number of carbonyl (C=O) groups excluding carboxylic acids is 1. The highest BCUT2D eigenvalue weighted by Gasteiger charge is 2.16. The zero-order valence-corrected chi connectivity index (χ0v) is 11.8. The van der Waals surface area contributed by atoms with Crippen LogP contribution in [0.2, 0.25) is 0 Å². The molecule has 21 heavy (non-hydrogen) atoms. The third-order valence-corrected chi connectivity index (χ3v) is 2.95. The van der Waals surface area contributed by atoms with Gasteiger partial charge >= 0.3 is 0 Å². The van der Waals surface area contributed by atoms with Crippen LogP contribution in [0.4, 0.5) is 5.69 Å². The summed E-state index contributed by atoms with van der Waals surface area (Å²) in [5.41, 5.74) is 7.57. The lowest BCUT2D eigenvalue weighted by Gasteiger charge is -2.17. The Balaban J connectivity index is 2.22. The van der Waals surface area contributed by atoms with Crippen molar-refractivity contribution in [2.75, 3.05) is 18.8 Å². The number of anilines is 1. The molecule has 5 heteroatoms. The van der Waals surface area contributed by atoms with E-state index in [0.29, 0.717) is 24.5 Å². The fraction of sp³-hybridized carbons (Fsp3) is 0.125. The number of carbonyl (C=O) groups is 1. The lowest BCUT2D eigenvalue weighted by Crippen LogP contribution is -2.31. The summed E-state index contributed by atoms with van der Waals surface area (Å²) < 4.78 is 1.65. The molecule has 0 saturated heterocycles. The monoisotopic (exact) mass is 282 g/mol. The maximum absolute atomic E-state index is 12.4. The van der Waals surface area contributed by atoms with Gasteiger partial charge in [-0.25, -0.2) is 4.68 Å². The van der Waals surface area contributed by atoms with Crippen LogP contribution in [-0.2, 0) is 0 Å². The van der Waals surface area contributed by atoms with Gasteiger partial charge in [0.25, 0.3) is 5.91 Å². The number of hydrogen-bond donors (Lipinski definition) is 1. The van der Waals surface area contributed by atoms with Gasteiger partial charge in [0.2, 0.25) is 0 Å². The predicted octanol–water partition coefficient (Wildman–Crippen LogP) is 2.27. The summed E-state index contributed by atoms with van der Waals surface area (Å²) >= 11 is 0. The van der Waals surface area contributed by atoms with E-state index in [1.54, 1.807) is 46.1 Å². The highest BCUT2D eigenvalue weighted by atomic mass is 16.2. The molecule has 5 nitrogen and oxygen atoms in total. The fourth-order valence-electron chi connectivity index (χ4n) is 1.92. The number of nitrogens with two attached hydrogens (primary N) is 1. The first-order valence-corrected chi connectivity index (χ1v) is 6.58. The van der Waals surface area contributed by atoms with Gasteiger partial charge in [0.15, 0.2) is 5.69 Å². The molecule has 2 N–H and O–H groups in total. The first kappa shape index (κ1) is 14.6. The molecule has 2 aromatic rings. The second-order valence-corrected chi connectivity index (χ2v) is 4.52. The van der Waals surface area contributed by atoms with Crippen molar-refractivity contribution >= 4 is 11.6 Å². The summed E-state index contributed by atoms with van der Waals surface area (Å²) in [4.78, 5) is 14.0. The molecule has 2 rings (SSSR count). The summed E-state index contributed by atoms with van der Waals surface area (Å²) in [6.07, 6.45) is 5.11. The number of benzene rings is 1. The molecule has 0 aliphatic rings. The Morgan fingerprint density at radius 3 is 2.38 bits per heavy atom. The van der Waals surface area contributed by atoms with Crippen molar-refractivity contribution in [2.24, 2.45) is 0 Å². The van der Waals surface area contributed by atoms with Crippen LogP contribution >= 0.6 is 0 Å². The average Bonchev–Trinajstić information content (AvgIpc) is 2.97. The Bertz CT molecular complexity index is 633. The molecule has 0 atom stereocenters. The van der Waals surface area contributed by atoms with Crippen molar-refractivity contribution in [3.8, 4) is 5.69 Å². The highest BCUT2D eigenvalue weighted by molar-refractivity contribution is 5.92. The van der Waals surface area contributed by atoms with E-state index in [-0.39, 0.29) is 5.91 Å². The third-order valence-electron chi connectivity index (χ3n) is 2.95. The predicted molar refractivity (Wildman–Crippen MR) is 84.3 cm³/mol. The van der Waals surface area contributed by atoms with E-state index in [0.717, 1.165) is 5.69 Å². The van der Waals surface area contributed by atoms with Gasteiger partial charge in [0.05, 0.1) is 5.69 Å². The van der Waals surface area contributed by atoms with Gasteiger partial charge in [-0.3, -0.25) is 4.79 Å². The van der Waals surface area contributed by atoms with E-state index in [4.69, 9.17) is 5.73 Å². The van der Waals surface area contributed by atoms with Gasteiger partial charge in [-0.15, -0.1) is 13.2 Å². The molecule has 0 fully saturated rings. The minimum Gasteiger partial charge on any atom is -0.399 e. The summed E-state index contributed by atoms with van der Waals surface area (Å²) in [6, 6.07) is 8.97. The van der Waals surface area contributed by atoms with Gasteiger partial charge in [-0.1, -0.05) is 12.2 Å². The van der Waals surface area contributed by atoms with Crippen LogP contribution < -0.4 is 5.73 Å². The van der Waals surface area contributed by atoms with Crippen molar-refractivity contribution in [1.82, 2.24) is 14.7 Å². The zero-order chi connectivity index (χ0) is 15.2. The zero-order valence-electron chi connectivity index (χ0n) is 11.8. The number of hydrogen-bond acceptors (Lipinski definition) is 3. The number of aromatic nitrogens is 2. The van der Waals surface area contributed by atoms with Crippen molar-refractivity contribution in [2.45, 2.75) is 0 Å². The van der Waals surface area contributed by atoms with E-state index >= 15 is 0 Å². The van der Waals surface area contributed by atoms with Crippen LogP contribution in [0.1, 0.15) is 10.5 Å². The Hall–Kier alpha value is -2.82. The smallest absolute Gasteiger partial charge is 0.274 e. The Labute approximate surface area is 124 Å². The fourth-order valence-corrected chi connectivity index (χ4v) is 1.92. The molecule has 0 radical (unpaired) electrons. The normalized spacial score (nSPS) is 10.1. The summed E-state index contributed by atoms with van der Waals surface area (Å²) in [7, 11) is 0. The van der Waals surface area contributed by atoms with Crippen molar-refractivity contribution in [3.63, 3.8) is 0 Å². The minimum absolute atomic E-state index is 0.149. The van der Waals surface area contributed by atoms with Crippen molar-refractivity contribution in [3.05, 3.63) is 67.5 Å². The molecule has 0 spiro atoms. The molecule has 108 valence electrons. The summed E-state index contributed by atoms with van der Waals surface area (Å²) in [5.74, 6) is -0.149. The van der Waals surface area contributed by atoms with E-state index < -0.39 is 0 Å².